The third kappa shape index (κ3) is 5.89. The number of hydrogen-bond donors (Lipinski definition) is 1. The predicted molar refractivity (Wildman–Crippen MR) is 83.2 cm³/mol. The average molecular weight is 266 g/mol. The molecule has 0 spiro atoms. The van der Waals surface area contributed by atoms with Gasteiger partial charge in [-0.15, -0.1) is 0 Å². The Morgan fingerprint density at radius 3 is 2.56 bits per heavy atom. The fraction of sp³-hybridized carbons (Fsp3) is 0.600. The van der Waals surface area contributed by atoms with Crippen molar-refractivity contribution in [2.45, 2.75) is 31.8 Å². The molecule has 0 saturated heterocycles. The minimum Gasteiger partial charge on any atom is -0.326 e. The van der Waals surface area contributed by atoms with Gasteiger partial charge in [0.2, 0.25) is 0 Å². The Labute approximate surface area is 116 Å². The van der Waals surface area contributed by atoms with Crippen LogP contribution < -0.4 is 5.73 Å². The largest absolute Gasteiger partial charge is 0.326 e. The highest BCUT2D eigenvalue weighted by Crippen LogP contribution is 2.08. The molecule has 1 unspecified atom stereocenters. The molecule has 1 aromatic carbocycles. The average Bonchev–Trinajstić information content (AvgIpc) is 2.36. The van der Waals surface area contributed by atoms with Gasteiger partial charge in [-0.1, -0.05) is 30.3 Å². The van der Waals surface area contributed by atoms with Crippen molar-refractivity contribution >= 4 is 11.8 Å². The van der Waals surface area contributed by atoms with Crippen molar-refractivity contribution in [1.29, 1.82) is 0 Å². The first-order chi connectivity index (χ1) is 8.63. The van der Waals surface area contributed by atoms with Gasteiger partial charge < -0.3 is 10.6 Å². The van der Waals surface area contributed by atoms with Crippen LogP contribution in [0.25, 0.3) is 0 Å². The Morgan fingerprint density at radius 2 is 1.94 bits per heavy atom. The van der Waals surface area contributed by atoms with Crippen molar-refractivity contribution in [2.75, 3.05) is 25.6 Å². The lowest BCUT2D eigenvalue weighted by atomic mass is 10.1. The molecule has 0 aliphatic rings. The number of nitrogens with zero attached hydrogens (tertiary/aromatic N) is 1. The van der Waals surface area contributed by atoms with Gasteiger partial charge in [0, 0.05) is 18.6 Å². The number of rotatable bonds is 8. The van der Waals surface area contributed by atoms with Crippen LogP contribution in [0, 0.1) is 0 Å². The smallest absolute Gasteiger partial charge is 0.0208 e. The maximum absolute atomic E-state index is 6.23. The van der Waals surface area contributed by atoms with Gasteiger partial charge in [-0.3, -0.25) is 0 Å². The van der Waals surface area contributed by atoms with Crippen LogP contribution in [0.5, 0.6) is 0 Å². The van der Waals surface area contributed by atoms with Crippen molar-refractivity contribution in [1.82, 2.24) is 4.90 Å². The fourth-order valence-electron chi connectivity index (χ4n) is 2.04. The SMILES string of the molecule is CSCCC(C)N(C)C[C@H](N)Cc1ccccc1. The molecular formula is C15H26N2S. The van der Waals surface area contributed by atoms with Crippen molar-refractivity contribution in [3.05, 3.63) is 35.9 Å². The van der Waals surface area contributed by atoms with Crippen LogP contribution >= 0.6 is 11.8 Å². The lowest BCUT2D eigenvalue weighted by Crippen LogP contribution is -2.41. The molecular weight excluding hydrogens is 240 g/mol. The second-order valence-electron chi connectivity index (χ2n) is 5.02. The van der Waals surface area contributed by atoms with E-state index in [0.29, 0.717) is 6.04 Å². The molecule has 0 fully saturated rings. The molecule has 2 atom stereocenters. The highest BCUT2D eigenvalue weighted by Gasteiger charge is 2.12. The second kappa shape index (κ2) is 8.57. The molecule has 0 heterocycles. The number of hydrogen-bond acceptors (Lipinski definition) is 3. The van der Waals surface area contributed by atoms with E-state index in [1.54, 1.807) is 0 Å². The van der Waals surface area contributed by atoms with Crippen LogP contribution in [-0.2, 0) is 6.42 Å². The van der Waals surface area contributed by atoms with E-state index < -0.39 is 0 Å². The highest BCUT2D eigenvalue weighted by atomic mass is 32.2. The third-order valence-corrected chi connectivity index (χ3v) is 4.00. The Kier molecular flexibility index (Phi) is 7.40. The highest BCUT2D eigenvalue weighted by molar-refractivity contribution is 7.98. The van der Waals surface area contributed by atoms with E-state index in [-0.39, 0.29) is 6.04 Å². The van der Waals surface area contributed by atoms with Crippen molar-refractivity contribution < 1.29 is 0 Å². The first kappa shape index (κ1) is 15.5. The Morgan fingerprint density at radius 1 is 1.28 bits per heavy atom. The summed E-state index contributed by atoms with van der Waals surface area (Å²) in [5, 5.41) is 0. The van der Waals surface area contributed by atoms with E-state index in [1.165, 1.54) is 17.7 Å². The summed E-state index contributed by atoms with van der Waals surface area (Å²) in [4.78, 5) is 2.38. The fourth-order valence-corrected chi connectivity index (χ4v) is 2.62. The molecule has 0 radical (unpaired) electrons. The molecule has 0 aliphatic heterocycles. The van der Waals surface area contributed by atoms with E-state index in [4.69, 9.17) is 5.73 Å². The first-order valence-electron chi connectivity index (χ1n) is 6.62. The molecule has 0 amide bonds. The standard InChI is InChI=1S/C15H26N2S/c1-13(9-10-18-3)17(2)12-15(16)11-14-7-5-4-6-8-14/h4-8,13,15H,9-12,16H2,1-3H3/t13?,15-/m1/s1. The van der Waals surface area contributed by atoms with E-state index in [2.05, 4.69) is 49.4 Å². The summed E-state index contributed by atoms with van der Waals surface area (Å²) >= 11 is 1.91. The number of benzene rings is 1. The van der Waals surface area contributed by atoms with Crippen LogP contribution in [0.2, 0.25) is 0 Å². The lowest BCUT2D eigenvalue weighted by Gasteiger charge is -2.27. The zero-order chi connectivity index (χ0) is 13.4. The first-order valence-corrected chi connectivity index (χ1v) is 8.01. The van der Waals surface area contributed by atoms with Gasteiger partial charge in [-0.05, 0) is 44.4 Å². The van der Waals surface area contributed by atoms with Gasteiger partial charge in [-0.2, -0.15) is 11.8 Å². The molecule has 0 aromatic heterocycles. The summed E-state index contributed by atoms with van der Waals surface area (Å²) < 4.78 is 0. The molecule has 1 rings (SSSR count). The summed E-state index contributed by atoms with van der Waals surface area (Å²) in [6, 6.07) is 11.3. The Bertz CT molecular complexity index is 316. The van der Waals surface area contributed by atoms with Gasteiger partial charge in [0.25, 0.3) is 0 Å². The van der Waals surface area contributed by atoms with E-state index in [1.807, 2.05) is 17.8 Å². The summed E-state index contributed by atoms with van der Waals surface area (Å²) in [6.07, 6.45) is 4.35. The zero-order valence-electron chi connectivity index (χ0n) is 11.8. The molecule has 1 aromatic rings. The van der Waals surface area contributed by atoms with Crippen LogP contribution in [0.1, 0.15) is 18.9 Å². The van der Waals surface area contributed by atoms with Crippen LogP contribution in [-0.4, -0.2) is 42.6 Å². The minimum absolute atomic E-state index is 0.217. The van der Waals surface area contributed by atoms with Crippen LogP contribution in [0.15, 0.2) is 30.3 Å². The lowest BCUT2D eigenvalue weighted by molar-refractivity contribution is 0.237. The second-order valence-corrected chi connectivity index (χ2v) is 6.01. The third-order valence-electron chi connectivity index (χ3n) is 3.36. The number of likely N-dealkylation sites (N-methyl/N-ethyl adjacent to an activating group) is 1. The molecule has 0 bridgehead atoms. The molecule has 2 nitrogen and oxygen atoms in total. The zero-order valence-corrected chi connectivity index (χ0v) is 12.6. The molecule has 102 valence electrons. The van der Waals surface area contributed by atoms with Crippen molar-refractivity contribution in [2.24, 2.45) is 5.73 Å². The Balaban J connectivity index is 2.33. The summed E-state index contributed by atoms with van der Waals surface area (Å²) in [7, 11) is 2.18. The van der Waals surface area contributed by atoms with E-state index in [0.717, 1.165) is 13.0 Å². The summed E-state index contributed by atoms with van der Waals surface area (Å²) in [6.45, 7) is 3.25. The van der Waals surface area contributed by atoms with Gasteiger partial charge in [0.05, 0.1) is 0 Å². The quantitative estimate of drug-likeness (QED) is 0.784. The van der Waals surface area contributed by atoms with Gasteiger partial charge >= 0.3 is 0 Å². The number of thioether (sulfide) groups is 1. The summed E-state index contributed by atoms with van der Waals surface area (Å²) in [5.41, 5.74) is 7.56. The van der Waals surface area contributed by atoms with Crippen molar-refractivity contribution in [3.8, 4) is 0 Å². The molecule has 3 heteroatoms. The number of nitrogens with two attached hydrogens (primary N) is 1. The van der Waals surface area contributed by atoms with E-state index >= 15 is 0 Å². The predicted octanol–water partition coefficient (Wildman–Crippen LogP) is 2.63. The van der Waals surface area contributed by atoms with Crippen LogP contribution in [0.3, 0.4) is 0 Å². The molecule has 2 N–H and O–H groups in total. The molecule has 18 heavy (non-hydrogen) atoms. The maximum Gasteiger partial charge on any atom is 0.0208 e. The van der Waals surface area contributed by atoms with Gasteiger partial charge in [-0.25, -0.2) is 0 Å². The molecule has 0 saturated carbocycles. The normalized spacial score (nSPS) is 14.7. The monoisotopic (exact) mass is 266 g/mol. The van der Waals surface area contributed by atoms with Crippen molar-refractivity contribution in [3.63, 3.8) is 0 Å². The van der Waals surface area contributed by atoms with E-state index in [9.17, 15) is 0 Å². The topological polar surface area (TPSA) is 29.3 Å². The molecule has 0 aliphatic carbocycles. The van der Waals surface area contributed by atoms with Crippen LogP contribution in [0.4, 0.5) is 0 Å². The minimum atomic E-state index is 0.217. The summed E-state index contributed by atoms with van der Waals surface area (Å²) in [5.74, 6) is 1.22. The Hall–Kier alpha value is -0.510. The van der Waals surface area contributed by atoms with Gasteiger partial charge in [0.1, 0.15) is 0 Å². The maximum atomic E-state index is 6.23. The van der Waals surface area contributed by atoms with Gasteiger partial charge in [0.15, 0.2) is 0 Å².